The van der Waals surface area contributed by atoms with Crippen LogP contribution in [-0.2, 0) is 19.1 Å². The number of carbonyl (C=O) groups is 3. The summed E-state index contributed by atoms with van der Waals surface area (Å²) in [5, 5.41) is 9.46. The molecule has 2 aromatic carbocycles. The molecule has 0 atom stereocenters. The van der Waals surface area contributed by atoms with Crippen LogP contribution < -0.4 is 20.8 Å². The van der Waals surface area contributed by atoms with Crippen molar-refractivity contribution >= 4 is 52.8 Å². The molecule has 9 nitrogen and oxygen atoms in total. The predicted molar refractivity (Wildman–Crippen MR) is 131 cm³/mol. The second-order valence-corrected chi connectivity index (χ2v) is 8.02. The molecule has 0 fully saturated rings. The SMILES string of the molecule is CC(C)OCCCNC(=O)C(=O)N/N=C\c1ccc(OCC(=O)Nc2cccc(Cl)c2Cl)cc1. The van der Waals surface area contributed by atoms with E-state index in [-0.39, 0.29) is 17.7 Å². The zero-order valence-electron chi connectivity index (χ0n) is 18.8. The number of benzene rings is 2. The summed E-state index contributed by atoms with van der Waals surface area (Å²) >= 11 is 12.0. The lowest BCUT2D eigenvalue weighted by molar-refractivity contribution is -0.139. The summed E-state index contributed by atoms with van der Waals surface area (Å²) in [6.45, 7) is 4.44. The maximum absolute atomic E-state index is 12.1. The molecule has 2 aromatic rings. The number of halogens is 2. The van der Waals surface area contributed by atoms with Gasteiger partial charge in [-0.25, -0.2) is 5.43 Å². The molecular formula is C23H26Cl2N4O5. The van der Waals surface area contributed by atoms with Crippen molar-refractivity contribution in [1.82, 2.24) is 10.7 Å². The van der Waals surface area contributed by atoms with E-state index in [0.29, 0.717) is 41.6 Å². The highest BCUT2D eigenvalue weighted by atomic mass is 35.5. The van der Waals surface area contributed by atoms with Crippen LogP contribution in [0.4, 0.5) is 5.69 Å². The average Bonchev–Trinajstić information content (AvgIpc) is 2.81. The van der Waals surface area contributed by atoms with Gasteiger partial charge in [0.15, 0.2) is 6.61 Å². The number of amides is 3. The van der Waals surface area contributed by atoms with E-state index >= 15 is 0 Å². The molecule has 2 rings (SSSR count). The standard InChI is InChI=1S/C23H26Cl2N4O5/c1-15(2)33-12-4-11-26-22(31)23(32)29-27-13-16-7-9-17(10-8-16)34-14-20(30)28-19-6-3-5-18(24)21(19)25/h3,5-10,13,15H,4,11-12,14H2,1-2H3,(H,26,31)(H,28,30)(H,29,32)/b27-13-. The Morgan fingerprint density at radius 3 is 2.50 bits per heavy atom. The van der Waals surface area contributed by atoms with Crippen LogP contribution in [0.25, 0.3) is 0 Å². The van der Waals surface area contributed by atoms with Crippen LogP contribution in [0.2, 0.25) is 10.0 Å². The first-order valence-electron chi connectivity index (χ1n) is 10.5. The fourth-order valence-electron chi connectivity index (χ4n) is 2.48. The summed E-state index contributed by atoms with van der Waals surface area (Å²) in [6, 6.07) is 11.5. The highest BCUT2D eigenvalue weighted by molar-refractivity contribution is 6.44. The minimum atomic E-state index is -0.869. The van der Waals surface area contributed by atoms with E-state index in [4.69, 9.17) is 32.7 Å². The molecule has 0 aliphatic heterocycles. The lowest BCUT2D eigenvalue weighted by Crippen LogP contribution is -2.38. The normalized spacial score (nSPS) is 10.9. The summed E-state index contributed by atoms with van der Waals surface area (Å²) in [7, 11) is 0. The van der Waals surface area contributed by atoms with Gasteiger partial charge in [0, 0.05) is 13.2 Å². The van der Waals surface area contributed by atoms with Crippen molar-refractivity contribution in [1.29, 1.82) is 0 Å². The topological polar surface area (TPSA) is 118 Å². The number of carbonyl (C=O) groups excluding carboxylic acids is 3. The number of ether oxygens (including phenoxy) is 2. The molecule has 0 radical (unpaired) electrons. The molecule has 0 unspecified atom stereocenters. The number of rotatable bonds is 11. The van der Waals surface area contributed by atoms with E-state index in [9.17, 15) is 14.4 Å². The van der Waals surface area contributed by atoms with Gasteiger partial charge in [0.1, 0.15) is 5.75 Å². The molecule has 0 saturated heterocycles. The van der Waals surface area contributed by atoms with Gasteiger partial charge < -0.3 is 20.1 Å². The van der Waals surface area contributed by atoms with Gasteiger partial charge in [0.2, 0.25) is 0 Å². The molecule has 182 valence electrons. The van der Waals surface area contributed by atoms with E-state index in [0.717, 1.165) is 0 Å². The molecule has 0 aliphatic rings. The molecular weight excluding hydrogens is 483 g/mol. The first kappa shape index (κ1) is 27.1. The quantitative estimate of drug-likeness (QED) is 0.186. The van der Waals surface area contributed by atoms with Crippen molar-refractivity contribution in [3.63, 3.8) is 0 Å². The average molecular weight is 509 g/mol. The van der Waals surface area contributed by atoms with Crippen molar-refractivity contribution in [3.8, 4) is 5.75 Å². The molecule has 3 N–H and O–H groups in total. The minimum Gasteiger partial charge on any atom is -0.484 e. The van der Waals surface area contributed by atoms with Crippen molar-refractivity contribution in [2.45, 2.75) is 26.4 Å². The summed E-state index contributed by atoms with van der Waals surface area (Å²) in [6.07, 6.45) is 2.09. The van der Waals surface area contributed by atoms with Gasteiger partial charge in [0.25, 0.3) is 5.91 Å². The first-order chi connectivity index (χ1) is 16.3. The van der Waals surface area contributed by atoms with E-state index in [1.807, 2.05) is 13.8 Å². The van der Waals surface area contributed by atoms with Crippen molar-refractivity contribution in [3.05, 3.63) is 58.1 Å². The second kappa shape index (κ2) is 14.2. The lowest BCUT2D eigenvalue weighted by Gasteiger charge is -2.09. The minimum absolute atomic E-state index is 0.118. The monoisotopic (exact) mass is 508 g/mol. The third-order valence-corrected chi connectivity index (χ3v) is 4.94. The number of hydrogen-bond acceptors (Lipinski definition) is 6. The zero-order chi connectivity index (χ0) is 24.9. The first-order valence-corrected chi connectivity index (χ1v) is 11.2. The number of anilines is 1. The molecule has 3 amide bonds. The van der Waals surface area contributed by atoms with Gasteiger partial charge >= 0.3 is 11.8 Å². The Hall–Kier alpha value is -3.14. The Morgan fingerprint density at radius 1 is 1.06 bits per heavy atom. The Kier molecular flexibility index (Phi) is 11.3. The number of hydrogen-bond donors (Lipinski definition) is 3. The highest BCUT2D eigenvalue weighted by Gasteiger charge is 2.11. The van der Waals surface area contributed by atoms with Gasteiger partial charge in [-0.05, 0) is 62.2 Å². The van der Waals surface area contributed by atoms with Gasteiger partial charge in [-0.15, -0.1) is 0 Å². The molecule has 34 heavy (non-hydrogen) atoms. The molecule has 0 spiro atoms. The second-order valence-electron chi connectivity index (χ2n) is 7.24. The Labute approximate surface area is 207 Å². The van der Waals surface area contributed by atoms with Gasteiger partial charge in [-0.3, -0.25) is 14.4 Å². The van der Waals surface area contributed by atoms with Gasteiger partial charge in [0.05, 0.1) is 28.1 Å². The largest absolute Gasteiger partial charge is 0.484 e. The Morgan fingerprint density at radius 2 is 1.79 bits per heavy atom. The van der Waals surface area contributed by atoms with Crippen LogP contribution in [0.3, 0.4) is 0 Å². The number of nitrogens with one attached hydrogen (secondary N) is 3. The van der Waals surface area contributed by atoms with Crippen molar-refractivity contribution in [2.24, 2.45) is 5.10 Å². The molecule has 0 heterocycles. The number of nitrogens with zero attached hydrogens (tertiary/aromatic N) is 1. The zero-order valence-corrected chi connectivity index (χ0v) is 20.3. The number of hydrazone groups is 1. The van der Waals surface area contributed by atoms with Crippen LogP contribution in [0.15, 0.2) is 47.6 Å². The fourth-order valence-corrected chi connectivity index (χ4v) is 2.82. The van der Waals surface area contributed by atoms with Crippen LogP contribution in [0.5, 0.6) is 5.75 Å². The van der Waals surface area contributed by atoms with Crippen LogP contribution in [0, 0.1) is 0 Å². The molecule has 0 aliphatic carbocycles. The molecule has 0 saturated carbocycles. The third-order valence-electron chi connectivity index (χ3n) is 4.12. The van der Waals surface area contributed by atoms with Crippen LogP contribution in [-0.4, -0.2) is 49.8 Å². The van der Waals surface area contributed by atoms with E-state index in [2.05, 4.69) is 21.2 Å². The summed E-state index contributed by atoms with van der Waals surface area (Å²) in [4.78, 5) is 35.5. The lowest BCUT2D eigenvalue weighted by atomic mass is 10.2. The summed E-state index contributed by atoms with van der Waals surface area (Å²) in [5.74, 6) is -1.59. The van der Waals surface area contributed by atoms with Gasteiger partial charge in [-0.2, -0.15) is 5.10 Å². The fraction of sp³-hybridized carbons (Fsp3) is 0.304. The maximum Gasteiger partial charge on any atom is 0.329 e. The molecule has 0 aromatic heterocycles. The van der Waals surface area contributed by atoms with Crippen molar-refractivity contribution < 1.29 is 23.9 Å². The van der Waals surface area contributed by atoms with E-state index < -0.39 is 17.7 Å². The smallest absolute Gasteiger partial charge is 0.329 e. The summed E-state index contributed by atoms with van der Waals surface area (Å²) in [5.41, 5.74) is 3.20. The highest BCUT2D eigenvalue weighted by Crippen LogP contribution is 2.29. The molecule has 0 bridgehead atoms. The van der Waals surface area contributed by atoms with Gasteiger partial charge in [-0.1, -0.05) is 29.3 Å². The van der Waals surface area contributed by atoms with E-state index in [1.54, 1.807) is 42.5 Å². The van der Waals surface area contributed by atoms with Crippen LogP contribution in [0.1, 0.15) is 25.8 Å². The summed E-state index contributed by atoms with van der Waals surface area (Å²) < 4.78 is 10.8. The Bertz CT molecular complexity index is 1010. The maximum atomic E-state index is 12.1. The third kappa shape index (κ3) is 9.78. The van der Waals surface area contributed by atoms with E-state index in [1.165, 1.54) is 6.21 Å². The van der Waals surface area contributed by atoms with Crippen molar-refractivity contribution in [2.75, 3.05) is 25.1 Å². The van der Waals surface area contributed by atoms with Crippen LogP contribution >= 0.6 is 23.2 Å². The predicted octanol–water partition coefficient (Wildman–Crippen LogP) is 3.39. The Balaban J connectivity index is 1.71. The molecule has 11 heteroatoms.